The van der Waals surface area contributed by atoms with E-state index in [1.165, 1.54) is 24.3 Å². The summed E-state index contributed by atoms with van der Waals surface area (Å²) in [5.41, 5.74) is 0.0533. The zero-order chi connectivity index (χ0) is 16.9. The lowest BCUT2D eigenvalue weighted by Gasteiger charge is -2.08. The Hall–Kier alpha value is -3.29. The van der Waals surface area contributed by atoms with Gasteiger partial charge in [-0.3, -0.25) is 4.79 Å². The summed E-state index contributed by atoms with van der Waals surface area (Å²) in [5, 5.41) is 7.96. The minimum atomic E-state index is -0.693. The molecule has 0 bridgehead atoms. The molecule has 3 aromatic rings. The largest absolute Gasteiger partial charge is 0.482 e. The van der Waals surface area contributed by atoms with Crippen molar-refractivity contribution in [2.45, 2.75) is 6.73 Å². The smallest absolute Gasteiger partial charge is 0.345 e. The van der Waals surface area contributed by atoms with E-state index in [-0.39, 0.29) is 13.3 Å². The number of hydrogen-bond donors (Lipinski definition) is 0. The van der Waals surface area contributed by atoms with Gasteiger partial charge in [-0.2, -0.15) is 4.68 Å². The van der Waals surface area contributed by atoms with Crippen LogP contribution in [0.4, 0.5) is 4.39 Å². The molecule has 0 radical (unpaired) electrons. The number of carbonyl (C=O) groups excluding carboxylic acids is 1. The molecule has 1 heterocycles. The number of fused-ring (bicyclic) bond motifs is 1. The maximum atomic E-state index is 12.8. The molecule has 0 aliphatic heterocycles. The standard InChI is InChI=1S/C16H12FN3O4/c17-11-5-7-12(8-6-11)23-9-15(21)24-10-20-16(22)13-3-1-2-4-14(13)18-19-20/h1-8H,9-10H2. The Bertz CT molecular complexity index is 925. The van der Waals surface area contributed by atoms with E-state index in [2.05, 4.69) is 10.3 Å². The molecule has 0 fully saturated rings. The van der Waals surface area contributed by atoms with Crippen molar-refractivity contribution in [2.24, 2.45) is 0 Å². The number of halogens is 1. The van der Waals surface area contributed by atoms with Crippen molar-refractivity contribution in [3.63, 3.8) is 0 Å². The normalized spacial score (nSPS) is 10.5. The first kappa shape index (κ1) is 15.6. The van der Waals surface area contributed by atoms with Gasteiger partial charge in [0, 0.05) is 0 Å². The second-order valence-electron chi connectivity index (χ2n) is 4.80. The first-order chi connectivity index (χ1) is 11.6. The summed E-state index contributed by atoms with van der Waals surface area (Å²) in [5.74, 6) is -0.767. The van der Waals surface area contributed by atoms with Crippen molar-refractivity contribution >= 4 is 16.9 Å². The molecule has 7 nitrogen and oxygen atoms in total. The van der Waals surface area contributed by atoms with Crippen molar-refractivity contribution in [3.05, 3.63) is 64.7 Å². The minimum Gasteiger partial charge on any atom is -0.482 e. The number of hydrogen-bond acceptors (Lipinski definition) is 6. The van der Waals surface area contributed by atoms with E-state index in [0.29, 0.717) is 16.7 Å². The number of rotatable bonds is 5. The lowest BCUT2D eigenvalue weighted by Crippen LogP contribution is -2.27. The van der Waals surface area contributed by atoms with Gasteiger partial charge >= 0.3 is 5.97 Å². The van der Waals surface area contributed by atoms with E-state index < -0.39 is 17.3 Å². The van der Waals surface area contributed by atoms with Gasteiger partial charge in [-0.05, 0) is 36.4 Å². The van der Waals surface area contributed by atoms with Crippen LogP contribution >= 0.6 is 0 Å². The maximum Gasteiger partial charge on any atom is 0.345 e. The fourth-order valence-electron chi connectivity index (χ4n) is 1.96. The molecule has 2 aromatic carbocycles. The fourth-order valence-corrected chi connectivity index (χ4v) is 1.96. The Balaban J connectivity index is 1.59. The Labute approximate surface area is 135 Å². The van der Waals surface area contributed by atoms with Crippen LogP contribution < -0.4 is 10.3 Å². The van der Waals surface area contributed by atoms with E-state index in [1.54, 1.807) is 24.3 Å². The topological polar surface area (TPSA) is 83.3 Å². The highest BCUT2D eigenvalue weighted by Gasteiger charge is 2.09. The molecule has 0 atom stereocenters. The summed E-state index contributed by atoms with van der Waals surface area (Å²) in [7, 11) is 0. The molecule has 0 aliphatic carbocycles. The molecule has 0 unspecified atom stereocenters. The highest BCUT2D eigenvalue weighted by molar-refractivity contribution is 5.76. The molecule has 0 saturated carbocycles. The van der Waals surface area contributed by atoms with Crippen LogP contribution in [0.1, 0.15) is 0 Å². The van der Waals surface area contributed by atoms with Crippen molar-refractivity contribution in [1.29, 1.82) is 0 Å². The lowest BCUT2D eigenvalue weighted by atomic mass is 10.2. The first-order valence-electron chi connectivity index (χ1n) is 7.00. The molecule has 0 aliphatic rings. The second-order valence-corrected chi connectivity index (χ2v) is 4.80. The van der Waals surface area contributed by atoms with Crippen molar-refractivity contribution in [1.82, 2.24) is 15.0 Å². The summed E-state index contributed by atoms with van der Waals surface area (Å²) >= 11 is 0. The average Bonchev–Trinajstić information content (AvgIpc) is 2.61. The molecule has 0 N–H and O–H groups in total. The number of carbonyl (C=O) groups is 1. The average molecular weight is 329 g/mol. The van der Waals surface area contributed by atoms with Gasteiger partial charge in [-0.1, -0.05) is 17.3 Å². The monoisotopic (exact) mass is 329 g/mol. The molecule has 1 aromatic heterocycles. The number of nitrogens with zero attached hydrogens (tertiary/aromatic N) is 3. The maximum absolute atomic E-state index is 12.8. The summed E-state index contributed by atoms with van der Waals surface area (Å²) in [6, 6.07) is 11.9. The molecule has 0 saturated heterocycles. The van der Waals surface area contributed by atoms with E-state index in [4.69, 9.17) is 9.47 Å². The van der Waals surface area contributed by atoms with Crippen LogP contribution in [0.15, 0.2) is 53.3 Å². The zero-order valence-corrected chi connectivity index (χ0v) is 12.4. The lowest BCUT2D eigenvalue weighted by molar-refractivity contribution is -0.150. The van der Waals surface area contributed by atoms with Crippen molar-refractivity contribution < 1.29 is 18.7 Å². The molecule has 3 rings (SSSR count). The molecule has 24 heavy (non-hydrogen) atoms. The minimum absolute atomic E-state index is 0.330. The molecule has 8 heteroatoms. The first-order valence-corrected chi connectivity index (χ1v) is 7.00. The zero-order valence-electron chi connectivity index (χ0n) is 12.4. The quantitative estimate of drug-likeness (QED) is 0.660. The van der Waals surface area contributed by atoms with Crippen LogP contribution in [-0.2, 0) is 16.3 Å². The predicted octanol–water partition coefficient (Wildman–Crippen LogP) is 1.51. The van der Waals surface area contributed by atoms with Crippen LogP contribution in [0.3, 0.4) is 0 Å². The predicted molar refractivity (Wildman–Crippen MR) is 81.8 cm³/mol. The number of benzene rings is 2. The summed E-state index contributed by atoms with van der Waals surface area (Å²) in [4.78, 5) is 23.8. The van der Waals surface area contributed by atoms with Gasteiger partial charge in [0.1, 0.15) is 17.1 Å². The number of esters is 1. The third kappa shape index (κ3) is 3.54. The van der Waals surface area contributed by atoms with Crippen LogP contribution in [-0.4, -0.2) is 27.6 Å². The third-order valence-corrected chi connectivity index (χ3v) is 3.15. The van der Waals surface area contributed by atoms with Gasteiger partial charge < -0.3 is 9.47 Å². The van der Waals surface area contributed by atoms with Crippen molar-refractivity contribution in [2.75, 3.05) is 6.61 Å². The fraction of sp³-hybridized carbons (Fsp3) is 0.125. The Morgan fingerprint density at radius 3 is 2.67 bits per heavy atom. The van der Waals surface area contributed by atoms with Crippen LogP contribution in [0, 0.1) is 5.82 Å². The summed E-state index contributed by atoms with van der Waals surface area (Å²) < 4.78 is 23.8. The summed E-state index contributed by atoms with van der Waals surface area (Å²) in [6.45, 7) is -0.746. The second kappa shape index (κ2) is 6.86. The van der Waals surface area contributed by atoms with Gasteiger partial charge in [-0.25, -0.2) is 9.18 Å². The van der Waals surface area contributed by atoms with Crippen LogP contribution in [0.5, 0.6) is 5.75 Å². The van der Waals surface area contributed by atoms with Gasteiger partial charge in [0.15, 0.2) is 13.3 Å². The molecule has 122 valence electrons. The number of aromatic nitrogens is 3. The molecular weight excluding hydrogens is 317 g/mol. The summed E-state index contributed by atoms with van der Waals surface area (Å²) in [6.07, 6.45) is 0. The number of ether oxygens (including phenoxy) is 2. The Morgan fingerprint density at radius 2 is 1.88 bits per heavy atom. The van der Waals surface area contributed by atoms with Gasteiger partial charge in [0.05, 0.1) is 5.39 Å². The highest BCUT2D eigenvalue weighted by atomic mass is 19.1. The third-order valence-electron chi connectivity index (χ3n) is 3.15. The van der Waals surface area contributed by atoms with Crippen LogP contribution in [0.2, 0.25) is 0 Å². The van der Waals surface area contributed by atoms with Gasteiger partial charge in [0.2, 0.25) is 0 Å². The van der Waals surface area contributed by atoms with Crippen LogP contribution in [0.25, 0.3) is 10.9 Å². The van der Waals surface area contributed by atoms with E-state index in [0.717, 1.165) is 4.68 Å². The van der Waals surface area contributed by atoms with Crippen molar-refractivity contribution in [3.8, 4) is 5.75 Å². The molecule has 0 spiro atoms. The highest BCUT2D eigenvalue weighted by Crippen LogP contribution is 2.10. The molecule has 0 amide bonds. The van der Waals surface area contributed by atoms with Gasteiger partial charge in [-0.15, -0.1) is 5.10 Å². The van der Waals surface area contributed by atoms with Gasteiger partial charge in [0.25, 0.3) is 5.56 Å². The Morgan fingerprint density at radius 1 is 1.12 bits per heavy atom. The van der Waals surface area contributed by atoms with E-state index >= 15 is 0 Å². The van der Waals surface area contributed by atoms with E-state index in [9.17, 15) is 14.0 Å². The van der Waals surface area contributed by atoms with E-state index in [1.807, 2.05) is 0 Å². The Kier molecular flexibility index (Phi) is 4.46. The SMILES string of the molecule is O=C(COc1ccc(F)cc1)OCn1nnc2ccccc2c1=O. The molecular formula is C16H12FN3O4.